The number of ketones is 1. The number of alkyl halides is 8. The van der Waals surface area contributed by atoms with Crippen molar-refractivity contribution in [2.24, 2.45) is 0 Å². The molecule has 0 spiro atoms. The van der Waals surface area contributed by atoms with Crippen LogP contribution in [0.15, 0.2) is 12.1 Å². The van der Waals surface area contributed by atoms with Crippen LogP contribution in [-0.4, -0.2) is 31.8 Å². The lowest BCUT2D eigenvalue weighted by molar-refractivity contribution is -0.134. The van der Waals surface area contributed by atoms with Crippen molar-refractivity contribution in [2.75, 3.05) is 0 Å². The van der Waals surface area contributed by atoms with Crippen molar-refractivity contribution in [1.29, 1.82) is 0 Å². The SMILES string of the molecule is O=C1c2c(CCC(F)(F)F)ccc(OS(=O)(=O)C(F)(F)F)c2CC1(F)F. The van der Waals surface area contributed by atoms with Crippen LogP contribution >= 0.6 is 0 Å². The van der Waals surface area contributed by atoms with Crippen molar-refractivity contribution in [2.45, 2.75) is 36.9 Å². The van der Waals surface area contributed by atoms with Crippen LogP contribution in [0.5, 0.6) is 5.75 Å². The first-order valence-corrected chi connectivity index (χ1v) is 8.11. The topological polar surface area (TPSA) is 60.4 Å². The smallest absolute Gasteiger partial charge is 0.376 e. The summed E-state index contributed by atoms with van der Waals surface area (Å²) in [6.45, 7) is 0. The lowest BCUT2D eigenvalue weighted by atomic mass is 9.98. The Morgan fingerprint density at radius 2 is 1.65 bits per heavy atom. The second kappa shape index (κ2) is 6.06. The molecule has 0 bridgehead atoms. The third-order valence-electron chi connectivity index (χ3n) is 3.48. The van der Waals surface area contributed by atoms with E-state index in [9.17, 15) is 48.3 Å². The minimum atomic E-state index is -6.21. The molecular weight excluding hydrogens is 404 g/mol. The minimum absolute atomic E-state index is 0.490. The zero-order valence-corrected chi connectivity index (χ0v) is 13.2. The van der Waals surface area contributed by atoms with Crippen molar-refractivity contribution in [3.63, 3.8) is 0 Å². The summed E-state index contributed by atoms with van der Waals surface area (Å²) in [5.74, 6) is -7.19. The number of rotatable bonds is 4. The van der Waals surface area contributed by atoms with E-state index in [-0.39, 0.29) is 0 Å². The van der Waals surface area contributed by atoms with Crippen LogP contribution in [0.1, 0.15) is 27.9 Å². The minimum Gasteiger partial charge on any atom is -0.376 e. The monoisotopic (exact) mass is 412 g/mol. The van der Waals surface area contributed by atoms with E-state index in [2.05, 4.69) is 4.18 Å². The van der Waals surface area contributed by atoms with E-state index in [1.165, 1.54) is 0 Å². The van der Waals surface area contributed by atoms with Gasteiger partial charge in [-0.1, -0.05) is 6.07 Å². The molecule has 0 aliphatic heterocycles. The number of hydrogen-bond donors (Lipinski definition) is 0. The van der Waals surface area contributed by atoms with Gasteiger partial charge in [0.1, 0.15) is 5.75 Å². The standard InChI is InChI=1S/C13H8F8O4S/c14-11(15)5-7-8(25-26(23,24)13(19,20)21)2-1-6(9(7)10(11)22)3-4-12(16,17)18/h1-2H,3-5H2. The number of benzene rings is 1. The maximum Gasteiger partial charge on any atom is 0.534 e. The van der Waals surface area contributed by atoms with Crippen LogP contribution < -0.4 is 4.18 Å². The van der Waals surface area contributed by atoms with E-state index in [0.717, 1.165) is 0 Å². The summed E-state index contributed by atoms with van der Waals surface area (Å²) in [7, 11) is -6.21. The zero-order chi connectivity index (χ0) is 20.1. The van der Waals surface area contributed by atoms with Crippen LogP contribution in [0.4, 0.5) is 35.1 Å². The highest BCUT2D eigenvalue weighted by Crippen LogP contribution is 2.43. The lowest BCUT2D eigenvalue weighted by Crippen LogP contribution is -2.28. The lowest BCUT2D eigenvalue weighted by Gasteiger charge is -2.14. The van der Waals surface area contributed by atoms with E-state index < -0.39 is 75.2 Å². The number of Topliss-reactive ketones (excluding diaryl/α,β-unsaturated/α-hetero) is 1. The fraction of sp³-hybridized carbons (Fsp3) is 0.462. The summed E-state index contributed by atoms with van der Waals surface area (Å²) >= 11 is 0. The fourth-order valence-corrected chi connectivity index (χ4v) is 2.84. The van der Waals surface area contributed by atoms with Crippen molar-refractivity contribution >= 4 is 15.9 Å². The van der Waals surface area contributed by atoms with E-state index in [1.54, 1.807) is 0 Å². The Hall–Kier alpha value is -1.92. The Labute approximate surface area is 140 Å². The largest absolute Gasteiger partial charge is 0.534 e. The van der Waals surface area contributed by atoms with Gasteiger partial charge in [0.2, 0.25) is 5.78 Å². The molecule has 26 heavy (non-hydrogen) atoms. The Morgan fingerprint density at radius 3 is 2.15 bits per heavy atom. The van der Waals surface area contributed by atoms with E-state index >= 15 is 0 Å². The molecule has 2 rings (SSSR count). The fourth-order valence-electron chi connectivity index (χ4n) is 2.35. The summed E-state index contributed by atoms with van der Waals surface area (Å²) in [6.07, 6.45) is -8.52. The Kier molecular flexibility index (Phi) is 4.76. The van der Waals surface area contributed by atoms with Crippen LogP contribution in [0, 0.1) is 0 Å². The Balaban J connectivity index is 2.51. The number of hydrogen-bond acceptors (Lipinski definition) is 4. The molecule has 0 heterocycles. The second-order valence-electron chi connectivity index (χ2n) is 5.39. The highest BCUT2D eigenvalue weighted by molar-refractivity contribution is 7.88. The van der Waals surface area contributed by atoms with Gasteiger partial charge in [-0.05, 0) is 18.1 Å². The molecule has 4 nitrogen and oxygen atoms in total. The van der Waals surface area contributed by atoms with Crippen molar-refractivity contribution in [3.8, 4) is 5.75 Å². The summed E-state index contributed by atoms with van der Waals surface area (Å²) in [5.41, 5.74) is -8.18. The van der Waals surface area contributed by atoms with Crippen LogP contribution in [0.25, 0.3) is 0 Å². The molecule has 1 aromatic rings. The van der Waals surface area contributed by atoms with Crippen molar-refractivity contribution in [3.05, 3.63) is 28.8 Å². The molecule has 13 heteroatoms. The van der Waals surface area contributed by atoms with E-state index in [0.29, 0.717) is 12.1 Å². The Bertz CT molecular complexity index is 839. The summed E-state index contributed by atoms with van der Waals surface area (Å²) < 4.78 is 127. The summed E-state index contributed by atoms with van der Waals surface area (Å²) in [6, 6.07) is 1.17. The Morgan fingerprint density at radius 1 is 1.08 bits per heavy atom. The molecule has 0 unspecified atom stereocenters. The maximum atomic E-state index is 13.6. The number of carbonyl (C=O) groups is 1. The van der Waals surface area contributed by atoms with Gasteiger partial charge >= 0.3 is 27.7 Å². The normalized spacial score (nSPS) is 17.3. The number of fused-ring (bicyclic) bond motifs is 1. The van der Waals surface area contributed by atoms with Gasteiger partial charge in [0, 0.05) is 24.0 Å². The average molecular weight is 412 g/mol. The van der Waals surface area contributed by atoms with Crippen molar-refractivity contribution < 1.29 is 52.5 Å². The molecule has 0 aromatic heterocycles. The van der Waals surface area contributed by atoms with Crippen LogP contribution in [0.2, 0.25) is 0 Å². The maximum absolute atomic E-state index is 13.6. The van der Waals surface area contributed by atoms with Gasteiger partial charge in [0.25, 0.3) is 0 Å². The molecule has 0 saturated heterocycles. The summed E-state index contributed by atoms with van der Waals surface area (Å²) in [5, 5.41) is 0. The quantitative estimate of drug-likeness (QED) is 0.429. The molecule has 0 amide bonds. The van der Waals surface area contributed by atoms with E-state index in [4.69, 9.17) is 0 Å². The van der Waals surface area contributed by atoms with Gasteiger partial charge in [-0.25, -0.2) is 0 Å². The first-order chi connectivity index (χ1) is 11.6. The number of halogens is 8. The molecule has 0 fully saturated rings. The van der Waals surface area contributed by atoms with Gasteiger partial charge in [-0.15, -0.1) is 0 Å². The van der Waals surface area contributed by atoms with Gasteiger partial charge in [-0.3, -0.25) is 4.79 Å². The number of aryl methyl sites for hydroxylation is 1. The molecule has 146 valence electrons. The molecule has 0 radical (unpaired) electrons. The average Bonchev–Trinajstić information content (AvgIpc) is 2.67. The van der Waals surface area contributed by atoms with E-state index in [1.807, 2.05) is 0 Å². The molecule has 0 N–H and O–H groups in total. The van der Waals surface area contributed by atoms with Crippen LogP contribution in [-0.2, 0) is 23.0 Å². The second-order valence-corrected chi connectivity index (χ2v) is 6.92. The molecular formula is C13H8F8O4S. The predicted octanol–water partition coefficient (Wildman–Crippen LogP) is 3.78. The number of carbonyl (C=O) groups excluding carboxylic acids is 1. The molecule has 1 aliphatic carbocycles. The third-order valence-corrected chi connectivity index (χ3v) is 4.44. The van der Waals surface area contributed by atoms with Crippen molar-refractivity contribution in [1.82, 2.24) is 0 Å². The highest BCUT2D eigenvalue weighted by Gasteiger charge is 2.52. The predicted molar refractivity (Wildman–Crippen MR) is 69.4 cm³/mol. The molecule has 0 saturated carbocycles. The van der Waals surface area contributed by atoms with Gasteiger partial charge in [-0.2, -0.15) is 43.5 Å². The third kappa shape index (κ3) is 3.91. The van der Waals surface area contributed by atoms with Gasteiger partial charge in [0.05, 0.1) is 0 Å². The molecule has 1 aliphatic rings. The van der Waals surface area contributed by atoms with Gasteiger partial charge in [0.15, 0.2) is 0 Å². The highest BCUT2D eigenvalue weighted by atomic mass is 32.2. The first-order valence-electron chi connectivity index (χ1n) is 6.70. The first kappa shape index (κ1) is 20.4. The molecule has 0 atom stereocenters. The zero-order valence-electron chi connectivity index (χ0n) is 12.3. The summed E-state index contributed by atoms with van der Waals surface area (Å²) in [4.78, 5) is 11.7. The van der Waals surface area contributed by atoms with Crippen LogP contribution in [0.3, 0.4) is 0 Å². The van der Waals surface area contributed by atoms with Gasteiger partial charge < -0.3 is 4.18 Å². The molecule has 1 aromatic carbocycles.